The van der Waals surface area contributed by atoms with Gasteiger partial charge in [-0.15, -0.1) is 24.8 Å². The molecule has 16 heteroatoms. The molecule has 2 fully saturated rings. The molecule has 47 heavy (non-hydrogen) atoms. The highest BCUT2D eigenvalue weighted by Crippen LogP contribution is 2.30. The molecule has 0 bridgehead atoms. The van der Waals surface area contributed by atoms with E-state index in [0.29, 0.717) is 66.9 Å². The van der Waals surface area contributed by atoms with E-state index in [0.717, 1.165) is 22.3 Å². The van der Waals surface area contributed by atoms with Gasteiger partial charge in [-0.05, 0) is 48.4 Å². The zero-order valence-electron chi connectivity index (χ0n) is 25.7. The van der Waals surface area contributed by atoms with Crippen LogP contribution < -0.4 is 15.8 Å². The highest BCUT2D eigenvalue weighted by molar-refractivity contribution is 7.91. The summed E-state index contributed by atoms with van der Waals surface area (Å²) in [4.78, 5) is 42.7. The van der Waals surface area contributed by atoms with Crippen LogP contribution in [0, 0.1) is 6.92 Å². The Labute approximate surface area is 290 Å². The minimum absolute atomic E-state index is 0. The summed E-state index contributed by atoms with van der Waals surface area (Å²) in [6.45, 7) is 5.65. The number of rotatable bonds is 8. The van der Waals surface area contributed by atoms with Crippen LogP contribution in [0.1, 0.15) is 17.2 Å². The second-order valence-electron chi connectivity index (χ2n) is 11.6. The fraction of sp³-hybridized carbons (Fsp3) is 0.387. The van der Waals surface area contributed by atoms with Gasteiger partial charge < -0.3 is 30.2 Å². The van der Waals surface area contributed by atoms with Gasteiger partial charge in [0.2, 0.25) is 5.91 Å². The fourth-order valence-electron chi connectivity index (χ4n) is 5.89. The van der Waals surface area contributed by atoms with Crippen LogP contribution in [0.2, 0.25) is 5.02 Å². The molecule has 0 radical (unpaired) electrons. The first-order valence-corrected chi connectivity index (χ1v) is 17.1. The number of pyridine rings is 1. The number of benzene rings is 2. The van der Waals surface area contributed by atoms with Gasteiger partial charge >= 0.3 is 0 Å². The molecule has 2 aliphatic heterocycles. The van der Waals surface area contributed by atoms with E-state index in [2.05, 4.69) is 26.3 Å². The van der Waals surface area contributed by atoms with Crippen molar-refractivity contribution in [2.75, 3.05) is 74.1 Å². The molecule has 0 saturated carbocycles. The van der Waals surface area contributed by atoms with E-state index in [1.807, 2.05) is 22.8 Å². The van der Waals surface area contributed by atoms with E-state index >= 15 is 0 Å². The summed E-state index contributed by atoms with van der Waals surface area (Å²) in [6, 6.07) is 12.8. The molecule has 4 heterocycles. The average molecular weight is 727 g/mol. The van der Waals surface area contributed by atoms with Crippen LogP contribution in [-0.2, 0) is 14.6 Å². The van der Waals surface area contributed by atoms with Gasteiger partial charge in [0.05, 0.1) is 40.9 Å². The van der Waals surface area contributed by atoms with Crippen LogP contribution in [0.5, 0.6) is 0 Å². The normalized spacial score (nSPS) is 17.1. The second kappa shape index (κ2) is 15.3. The first-order valence-electron chi connectivity index (χ1n) is 14.9. The van der Waals surface area contributed by atoms with Crippen molar-refractivity contribution in [3.63, 3.8) is 0 Å². The van der Waals surface area contributed by atoms with Gasteiger partial charge in [-0.3, -0.25) is 14.5 Å². The molecule has 12 nitrogen and oxygen atoms in total. The average Bonchev–Trinajstić information content (AvgIpc) is 3.45. The molecular weight excluding hydrogens is 689 g/mol. The van der Waals surface area contributed by atoms with Crippen LogP contribution in [0.15, 0.2) is 53.5 Å². The summed E-state index contributed by atoms with van der Waals surface area (Å²) >= 11 is 6.08. The number of imidazole rings is 1. The number of carbonyl (C=O) groups excluding carboxylic acids is 1. The first kappa shape index (κ1) is 36.5. The molecule has 2 aromatic carbocycles. The Kier molecular flexibility index (Phi) is 11.9. The molecule has 1 atom stereocenters. The number of aromatic amines is 2. The number of aryl methyl sites for hydroxylation is 1. The van der Waals surface area contributed by atoms with E-state index in [1.165, 1.54) is 0 Å². The molecule has 2 aliphatic rings. The van der Waals surface area contributed by atoms with Gasteiger partial charge in [-0.2, -0.15) is 0 Å². The lowest BCUT2D eigenvalue weighted by atomic mass is 10.1. The lowest BCUT2D eigenvalue weighted by molar-refractivity contribution is -0.132. The van der Waals surface area contributed by atoms with Crippen LogP contribution in [0.4, 0.5) is 11.4 Å². The lowest BCUT2D eigenvalue weighted by Crippen LogP contribution is -2.52. The highest BCUT2D eigenvalue weighted by atomic mass is 35.5. The number of aromatic nitrogens is 3. The predicted molar refractivity (Wildman–Crippen MR) is 190 cm³/mol. The molecule has 2 saturated heterocycles. The number of nitrogens with one attached hydrogen (secondary N) is 3. The quantitative estimate of drug-likeness (QED) is 0.214. The van der Waals surface area contributed by atoms with Gasteiger partial charge in [0.1, 0.15) is 11.4 Å². The van der Waals surface area contributed by atoms with Crippen LogP contribution >= 0.6 is 36.4 Å². The Balaban J connectivity index is 0.00000250. The summed E-state index contributed by atoms with van der Waals surface area (Å²) in [5.74, 6) is 0.646. The number of aliphatic hydroxyl groups excluding tert-OH is 1. The van der Waals surface area contributed by atoms with E-state index in [-0.39, 0.29) is 60.9 Å². The van der Waals surface area contributed by atoms with Gasteiger partial charge in [-0.1, -0.05) is 23.7 Å². The minimum Gasteiger partial charge on any atom is -0.387 e. The van der Waals surface area contributed by atoms with E-state index in [1.54, 1.807) is 36.5 Å². The van der Waals surface area contributed by atoms with Crippen molar-refractivity contribution < 1.29 is 18.3 Å². The molecule has 254 valence electrons. The Hall–Kier alpha value is -3.33. The molecule has 6 rings (SSSR count). The van der Waals surface area contributed by atoms with Crippen molar-refractivity contribution in [1.29, 1.82) is 0 Å². The summed E-state index contributed by atoms with van der Waals surface area (Å²) in [7, 11) is -2.98. The van der Waals surface area contributed by atoms with Crippen LogP contribution in [0.25, 0.3) is 22.4 Å². The summed E-state index contributed by atoms with van der Waals surface area (Å²) in [5.41, 5.74) is 4.69. The zero-order valence-corrected chi connectivity index (χ0v) is 28.9. The largest absolute Gasteiger partial charge is 0.387 e. The Morgan fingerprint density at radius 2 is 1.79 bits per heavy atom. The molecular formula is C31H38Cl3N7O5S. The number of hydrogen-bond acceptors (Lipinski definition) is 9. The first-order chi connectivity index (χ1) is 21.6. The van der Waals surface area contributed by atoms with Crippen molar-refractivity contribution in [3.05, 3.63) is 75.2 Å². The van der Waals surface area contributed by atoms with E-state index in [4.69, 9.17) is 16.6 Å². The molecule has 4 N–H and O–H groups in total. The maximum atomic E-state index is 13.0. The number of H-pyrrole nitrogens is 2. The van der Waals surface area contributed by atoms with Crippen molar-refractivity contribution in [1.82, 2.24) is 24.8 Å². The minimum atomic E-state index is -2.98. The van der Waals surface area contributed by atoms with Crippen molar-refractivity contribution in [2.24, 2.45) is 0 Å². The standard InChI is InChI=1S/C31H36ClN7O5S.2ClH/c1-20-15-23(38-7-9-39(10-8-38)27(41)19-37-11-13-45(43,44)14-12-37)17-25-29(20)36-30(35-25)28-24(5-6-33-31(28)42)34-18-26(40)21-3-2-4-22(32)16-21;;/h2-6,15-17,26,40H,7-14,18-19H2,1H3,(H,35,36)(H2,33,34,42);2*1H/t26-;;/m1../s1. The number of nitrogens with zero attached hydrogens (tertiary/aromatic N) is 4. The number of halogens is 3. The number of amides is 1. The predicted octanol–water partition coefficient (Wildman–Crippen LogP) is 3.25. The SMILES string of the molecule is Cc1cc(N2CCN(C(=O)CN3CCS(=O)(=O)CC3)CC2)cc2[nH]c(-c3c(NC[C@@H](O)c4cccc(Cl)c4)cc[nH]c3=O)nc12.Cl.Cl. The summed E-state index contributed by atoms with van der Waals surface area (Å²) < 4.78 is 23.4. The molecule has 0 spiro atoms. The lowest BCUT2D eigenvalue weighted by Gasteiger charge is -2.37. The number of carbonyl (C=O) groups is 1. The maximum absolute atomic E-state index is 13.0. The molecule has 4 aromatic rings. The van der Waals surface area contributed by atoms with Crippen molar-refractivity contribution in [3.8, 4) is 11.4 Å². The third-order valence-electron chi connectivity index (χ3n) is 8.47. The fourth-order valence-corrected chi connectivity index (χ4v) is 7.36. The van der Waals surface area contributed by atoms with Gasteiger partial charge in [0, 0.05) is 62.7 Å². The van der Waals surface area contributed by atoms with E-state index in [9.17, 15) is 23.1 Å². The third kappa shape index (κ3) is 8.40. The smallest absolute Gasteiger partial charge is 0.261 e. The Bertz CT molecular complexity index is 1880. The van der Waals surface area contributed by atoms with Gasteiger partial charge in [-0.25, -0.2) is 13.4 Å². The summed E-state index contributed by atoms with van der Waals surface area (Å²) in [6.07, 6.45) is 0.712. The Morgan fingerprint density at radius 1 is 1.06 bits per heavy atom. The molecule has 0 aliphatic carbocycles. The second-order valence-corrected chi connectivity index (χ2v) is 14.3. The zero-order chi connectivity index (χ0) is 31.7. The third-order valence-corrected chi connectivity index (χ3v) is 10.3. The maximum Gasteiger partial charge on any atom is 0.261 e. The summed E-state index contributed by atoms with van der Waals surface area (Å²) in [5, 5.41) is 14.4. The number of hydrogen-bond donors (Lipinski definition) is 4. The number of sulfone groups is 1. The topological polar surface area (TPSA) is 155 Å². The number of anilines is 2. The molecule has 0 unspecified atom stereocenters. The number of fused-ring (bicyclic) bond motifs is 1. The number of aliphatic hydroxyl groups is 1. The Morgan fingerprint density at radius 3 is 2.49 bits per heavy atom. The van der Waals surface area contributed by atoms with Crippen molar-refractivity contribution in [2.45, 2.75) is 13.0 Å². The molecule has 1 amide bonds. The monoisotopic (exact) mass is 725 g/mol. The van der Waals surface area contributed by atoms with Gasteiger partial charge in [0.15, 0.2) is 9.84 Å². The van der Waals surface area contributed by atoms with E-state index < -0.39 is 15.9 Å². The number of piperazine rings is 1. The van der Waals surface area contributed by atoms with Crippen LogP contribution in [-0.4, -0.2) is 108 Å². The van der Waals surface area contributed by atoms with Gasteiger partial charge in [0.25, 0.3) is 5.56 Å². The van der Waals surface area contributed by atoms with Crippen LogP contribution in [0.3, 0.4) is 0 Å². The highest BCUT2D eigenvalue weighted by Gasteiger charge is 2.27. The van der Waals surface area contributed by atoms with Crippen molar-refractivity contribution >= 4 is 74.6 Å². The molecule has 2 aromatic heterocycles.